The number of fused-ring (bicyclic) bond motifs is 1. The van der Waals surface area contributed by atoms with Crippen LogP contribution in [0.4, 0.5) is 11.4 Å². The first-order chi connectivity index (χ1) is 13.6. The molecule has 1 aliphatic heterocycles. The van der Waals surface area contributed by atoms with Crippen LogP contribution < -0.4 is 19.1 Å². The Labute approximate surface area is 171 Å². The van der Waals surface area contributed by atoms with Gasteiger partial charge in [0.05, 0.1) is 29.7 Å². The van der Waals surface area contributed by atoms with Gasteiger partial charge >= 0.3 is 0 Å². The Bertz CT molecular complexity index is 1000. The number of carbonyl (C=O) groups excluding carboxylic acids is 1. The number of hydrogen-bond acceptors (Lipinski definition) is 5. The largest absolute Gasteiger partial charge is 0.497 e. The highest BCUT2D eigenvalue weighted by Gasteiger charge is 2.37. The maximum Gasteiger partial charge on any atom is 0.236 e. The Morgan fingerprint density at radius 1 is 1.17 bits per heavy atom. The zero-order chi connectivity index (χ0) is 21.2. The Morgan fingerprint density at radius 3 is 2.48 bits per heavy atom. The van der Waals surface area contributed by atoms with E-state index in [1.807, 2.05) is 20.8 Å². The lowest BCUT2D eigenvalue weighted by atomic mass is 9.93. The SMILES string of the molecule is CCN1C(=O)C(C)(C)COc2ccc(NS(=O)(=O)Cc3ccc(OC)cc3)cc21. The summed E-state index contributed by atoms with van der Waals surface area (Å²) >= 11 is 0. The van der Waals surface area contributed by atoms with Crippen LogP contribution in [0.1, 0.15) is 26.3 Å². The van der Waals surface area contributed by atoms with Crippen LogP contribution >= 0.6 is 0 Å². The summed E-state index contributed by atoms with van der Waals surface area (Å²) in [7, 11) is -2.08. The van der Waals surface area contributed by atoms with Crippen molar-refractivity contribution in [1.82, 2.24) is 0 Å². The number of carbonyl (C=O) groups is 1. The average molecular weight is 419 g/mol. The van der Waals surface area contributed by atoms with Crippen molar-refractivity contribution in [2.75, 3.05) is 29.9 Å². The highest BCUT2D eigenvalue weighted by atomic mass is 32.2. The summed E-state index contributed by atoms with van der Waals surface area (Å²) in [4.78, 5) is 14.5. The van der Waals surface area contributed by atoms with Gasteiger partial charge in [-0.05, 0) is 56.7 Å². The van der Waals surface area contributed by atoms with Gasteiger partial charge in [-0.3, -0.25) is 9.52 Å². The van der Waals surface area contributed by atoms with Crippen molar-refractivity contribution in [3.05, 3.63) is 48.0 Å². The van der Waals surface area contributed by atoms with E-state index in [9.17, 15) is 13.2 Å². The van der Waals surface area contributed by atoms with Crippen molar-refractivity contribution in [3.63, 3.8) is 0 Å². The first-order valence-corrected chi connectivity index (χ1v) is 11.0. The summed E-state index contributed by atoms with van der Waals surface area (Å²) in [5.74, 6) is 0.992. The molecule has 0 bridgehead atoms. The molecule has 0 saturated carbocycles. The summed E-state index contributed by atoms with van der Waals surface area (Å²) < 4.78 is 38.8. The number of sulfonamides is 1. The van der Waals surface area contributed by atoms with Crippen LogP contribution in [0.5, 0.6) is 11.5 Å². The Balaban J connectivity index is 1.84. The van der Waals surface area contributed by atoms with Gasteiger partial charge < -0.3 is 14.4 Å². The number of nitrogens with one attached hydrogen (secondary N) is 1. The van der Waals surface area contributed by atoms with Crippen LogP contribution in [0.15, 0.2) is 42.5 Å². The molecule has 1 aliphatic rings. The Hall–Kier alpha value is -2.74. The van der Waals surface area contributed by atoms with E-state index in [2.05, 4.69) is 4.72 Å². The fraction of sp³-hybridized carbons (Fsp3) is 0.381. The molecular formula is C21H26N2O5S. The van der Waals surface area contributed by atoms with Crippen molar-refractivity contribution < 1.29 is 22.7 Å². The predicted molar refractivity (Wildman–Crippen MR) is 113 cm³/mol. The molecule has 29 heavy (non-hydrogen) atoms. The number of nitrogens with zero attached hydrogens (tertiary/aromatic N) is 1. The van der Waals surface area contributed by atoms with Gasteiger partial charge in [-0.2, -0.15) is 0 Å². The maximum absolute atomic E-state index is 12.8. The van der Waals surface area contributed by atoms with Crippen LogP contribution in [-0.2, 0) is 20.6 Å². The molecule has 0 spiro atoms. The minimum absolute atomic E-state index is 0.0583. The van der Waals surface area contributed by atoms with E-state index in [0.29, 0.717) is 35.0 Å². The number of methoxy groups -OCH3 is 1. The first kappa shape index (κ1) is 21.0. The Kier molecular flexibility index (Phi) is 5.75. The molecule has 1 heterocycles. The summed E-state index contributed by atoms with van der Waals surface area (Å²) in [6.45, 7) is 6.27. The molecule has 156 valence electrons. The van der Waals surface area contributed by atoms with Gasteiger partial charge in [-0.1, -0.05) is 12.1 Å². The zero-order valence-electron chi connectivity index (χ0n) is 17.1. The lowest BCUT2D eigenvalue weighted by molar-refractivity contribution is -0.127. The predicted octanol–water partition coefficient (Wildman–Crippen LogP) is 3.41. The monoisotopic (exact) mass is 418 g/mol. The second-order valence-corrected chi connectivity index (χ2v) is 9.34. The molecule has 0 aromatic heterocycles. The molecule has 3 rings (SSSR count). The number of anilines is 2. The lowest BCUT2D eigenvalue weighted by Crippen LogP contribution is -2.42. The quantitative estimate of drug-likeness (QED) is 0.777. The van der Waals surface area contributed by atoms with Crippen molar-refractivity contribution in [2.45, 2.75) is 26.5 Å². The minimum atomic E-state index is -3.64. The molecular weight excluding hydrogens is 392 g/mol. The normalized spacial score (nSPS) is 15.9. The van der Waals surface area contributed by atoms with E-state index in [1.54, 1.807) is 54.5 Å². The van der Waals surface area contributed by atoms with Gasteiger partial charge in [0.15, 0.2) is 0 Å². The fourth-order valence-electron chi connectivity index (χ4n) is 3.18. The molecule has 0 radical (unpaired) electrons. The molecule has 2 aromatic rings. The number of rotatable bonds is 6. The van der Waals surface area contributed by atoms with E-state index in [-0.39, 0.29) is 18.3 Å². The van der Waals surface area contributed by atoms with Crippen LogP contribution in [0.3, 0.4) is 0 Å². The summed E-state index contributed by atoms with van der Waals surface area (Å²) in [6.07, 6.45) is 0. The van der Waals surface area contributed by atoms with E-state index in [4.69, 9.17) is 9.47 Å². The molecule has 2 aromatic carbocycles. The molecule has 7 nitrogen and oxygen atoms in total. The Morgan fingerprint density at radius 2 is 1.86 bits per heavy atom. The topological polar surface area (TPSA) is 84.9 Å². The van der Waals surface area contributed by atoms with E-state index in [0.717, 1.165) is 0 Å². The molecule has 1 amide bonds. The van der Waals surface area contributed by atoms with Crippen molar-refractivity contribution in [3.8, 4) is 11.5 Å². The lowest BCUT2D eigenvalue weighted by Gasteiger charge is -2.27. The number of benzene rings is 2. The highest BCUT2D eigenvalue weighted by molar-refractivity contribution is 7.91. The fourth-order valence-corrected chi connectivity index (χ4v) is 4.37. The maximum atomic E-state index is 12.8. The van der Waals surface area contributed by atoms with Crippen LogP contribution in [0, 0.1) is 5.41 Å². The van der Waals surface area contributed by atoms with Crippen molar-refractivity contribution in [1.29, 1.82) is 0 Å². The van der Waals surface area contributed by atoms with Gasteiger partial charge in [-0.15, -0.1) is 0 Å². The zero-order valence-corrected chi connectivity index (χ0v) is 17.9. The first-order valence-electron chi connectivity index (χ1n) is 9.37. The molecule has 0 atom stereocenters. The van der Waals surface area contributed by atoms with Crippen molar-refractivity contribution in [2.24, 2.45) is 5.41 Å². The third kappa shape index (κ3) is 4.64. The van der Waals surface area contributed by atoms with Crippen LogP contribution in [0.2, 0.25) is 0 Å². The third-order valence-electron chi connectivity index (χ3n) is 4.77. The van der Waals surface area contributed by atoms with Crippen LogP contribution in [-0.4, -0.2) is 34.6 Å². The summed E-state index contributed by atoms with van der Waals surface area (Å²) in [5.41, 5.74) is 0.923. The van der Waals surface area contributed by atoms with Gasteiger partial charge in [0.25, 0.3) is 0 Å². The summed E-state index contributed by atoms with van der Waals surface area (Å²) in [6, 6.07) is 11.8. The molecule has 0 saturated heterocycles. The second kappa shape index (κ2) is 7.94. The van der Waals surface area contributed by atoms with Gasteiger partial charge in [-0.25, -0.2) is 8.42 Å². The number of ether oxygens (including phenoxy) is 2. The number of amides is 1. The number of hydrogen-bond donors (Lipinski definition) is 1. The average Bonchev–Trinajstić information content (AvgIpc) is 2.76. The summed E-state index contributed by atoms with van der Waals surface area (Å²) in [5, 5.41) is 0. The third-order valence-corrected chi connectivity index (χ3v) is 6.03. The molecule has 0 fully saturated rings. The van der Waals surface area contributed by atoms with E-state index < -0.39 is 15.4 Å². The molecule has 0 aliphatic carbocycles. The molecule has 1 N–H and O–H groups in total. The van der Waals surface area contributed by atoms with Gasteiger partial charge in [0.1, 0.15) is 18.1 Å². The van der Waals surface area contributed by atoms with Gasteiger partial charge in [0, 0.05) is 6.54 Å². The van der Waals surface area contributed by atoms with Crippen LogP contribution in [0.25, 0.3) is 0 Å². The van der Waals surface area contributed by atoms with Crippen molar-refractivity contribution >= 4 is 27.3 Å². The van der Waals surface area contributed by atoms with Gasteiger partial charge in [0.2, 0.25) is 15.9 Å². The standard InChI is InChI=1S/C21H26N2O5S/c1-5-23-18-12-16(8-11-19(18)28-14-21(2,3)20(23)24)22-29(25,26)13-15-6-9-17(27-4)10-7-15/h6-12,22H,5,13-14H2,1-4H3. The second-order valence-electron chi connectivity index (χ2n) is 7.61. The van der Waals surface area contributed by atoms with E-state index in [1.165, 1.54) is 0 Å². The smallest absolute Gasteiger partial charge is 0.236 e. The molecule has 8 heteroatoms. The highest BCUT2D eigenvalue weighted by Crippen LogP contribution is 2.38. The van der Waals surface area contributed by atoms with E-state index >= 15 is 0 Å². The molecule has 0 unspecified atom stereocenters. The minimum Gasteiger partial charge on any atom is -0.497 e.